The van der Waals surface area contributed by atoms with Crippen LogP contribution in [0.15, 0.2) is 30.0 Å². The van der Waals surface area contributed by atoms with Gasteiger partial charge in [0, 0.05) is 11.8 Å². The van der Waals surface area contributed by atoms with E-state index in [-0.39, 0.29) is 16.4 Å². The van der Waals surface area contributed by atoms with Crippen LogP contribution in [0.2, 0.25) is 5.02 Å². The van der Waals surface area contributed by atoms with Crippen molar-refractivity contribution in [3.8, 4) is 5.75 Å². The van der Waals surface area contributed by atoms with E-state index in [2.05, 4.69) is 19.5 Å². The summed E-state index contributed by atoms with van der Waals surface area (Å²) in [5.41, 5.74) is -3.44. The van der Waals surface area contributed by atoms with Crippen molar-refractivity contribution in [1.29, 1.82) is 0 Å². The van der Waals surface area contributed by atoms with Gasteiger partial charge < -0.3 is 19.5 Å². The molecule has 0 saturated heterocycles. The Labute approximate surface area is 150 Å². The van der Waals surface area contributed by atoms with Gasteiger partial charge >= 0.3 is 18.0 Å². The van der Waals surface area contributed by atoms with Crippen molar-refractivity contribution in [2.75, 3.05) is 19.5 Å². The lowest BCUT2D eigenvalue weighted by Gasteiger charge is -2.19. The highest BCUT2D eigenvalue weighted by Crippen LogP contribution is 2.35. The highest BCUT2D eigenvalue weighted by atomic mass is 35.5. The van der Waals surface area contributed by atoms with E-state index in [1.54, 1.807) is 0 Å². The molecule has 1 rings (SSSR count). The number of rotatable bonds is 7. The van der Waals surface area contributed by atoms with Crippen LogP contribution in [0.4, 0.5) is 18.9 Å². The summed E-state index contributed by atoms with van der Waals surface area (Å²) in [7, 11) is 2.15. The predicted octanol–water partition coefficient (Wildman–Crippen LogP) is 3.49. The fourth-order valence-electron chi connectivity index (χ4n) is 1.44. The molecule has 0 aliphatic rings. The summed E-state index contributed by atoms with van der Waals surface area (Å²) in [4.78, 5) is 22.9. The minimum absolute atomic E-state index is 0.0146. The van der Waals surface area contributed by atoms with Gasteiger partial charge in [-0.2, -0.15) is 8.78 Å². The minimum Gasteiger partial charge on any atom is -0.466 e. The number of esters is 2. The Morgan fingerprint density at radius 3 is 2.44 bits per heavy atom. The molecule has 0 amide bonds. The first-order valence-corrected chi connectivity index (χ1v) is 7.21. The van der Waals surface area contributed by atoms with Crippen LogP contribution in [0.3, 0.4) is 0 Å². The van der Waals surface area contributed by atoms with E-state index in [1.165, 1.54) is 6.07 Å². The van der Waals surface area contributed by atoms with Gasteiger partial charge in [0.1, 0.15) is 11.4 Å². The predicted molar refractivity (Wildman–Crippen MR) is 83.5 cm³/mol. The Kier molecular flexibility index (Phi) is 7.38. The van der Waals surface area contributed by atoms with E-state index in [1.807, 2.05) is 0 Å². The Morgan fingerprint density at radius 1 is 1.28 bits per heavy atom. The molecule has 1 N–H and O–H groups in total. The molecule has 138 valence electrons. The molecule has 0 aliphatic carbocycles. The topological polar surface area (TPSA) is 73.9 Å². The molecular formula is C14H12Cl2F3NO5. The number of halogens is 5. The average Bonchev–Trinajstić information content (AvgIpc) is 2.55. The van der Waals surface area contributed by atoms with Gasteiger partial charge in [-0.1, -0.05) is 23.2 Å². The van der Waals surface area contributed by atoms with Crippen molar-refractivity contribution in [3.05, 3.63) is 35.0 Å². The van der Waals surface area contributed by atoms with E-state index < -0.39 is 29.4 Å². The number of hydrogen-bond acceptors (Lipinski definition) is 6. The zero-order chi connectivity index (χ0) is 19.2. The van der Waals surface area contributed by atoms with Crippen LogP contribution in [0, 0.1) is 0 Å². The van der Waals surface area contributed by atoms with Gasteiger partial charge in [-0.15, -0.1) is 0 Å². The Bertz CT molecular complexity index is 682. The highest BCUT2D eigenvalue weighted by molar-refractivity contribution is 6.32. The van der Waals surface area contributed by atoms with Crippen molar-refractivity contribution >= 4 is 40.8 Å². The summed E-state index contributed by atoms with van der Waals surface area (Å²) in [5.74, 6) is -2.41. The molecule has 1 aromatic rings. The molecule has 0 aliphatic heterocycles. The van der Waals surface area contributed by atoms with Crippen molar-refractivity contribution in [3.63, 3.8) is 0 Å². The lowest BCUT2D eigenvalue weighted by atomic mass is 10.2. The number of nitrogens with one attached hydrogen (secondary N) is 1. The first kappa shape index (κ1) is 20.9. The number of carbonyl (C=O) groups excluding carboxylic acids is 2. The summed E-state index contributed by atoms with van der Waals surface area (Å²) in [6.07, 6.45) is -3.55. The molecule has 0 aromatic heterocycles. The largest absolute Gasteiger partial charge is 0.466 e. The number of ether oxygens (including phenoxy) is 3. The Hall–Kier alpha value is -2.13. The Morgan fingerprint density at radius 2 is 1.92 bits per heavy atom. The molecule has 0 bridgehead atoms. The van der Waals surface area contributed by atoms with E-state index in [0.29, 0.717) is 0 Å². The van der Waals surface area contributed by atoms with Gasteiger partial charge in [-0.05, 0) is 12.1 Å². The number of benzene rings is 1. The van der Waals surface area contributed by atoms with Crippen LogP contribution in [-0.2, 0) is 19.1 Å². The fraction of sp³-hybridized carbons (Fsp3) is 0.286. The van der Waals surface area contributed by atoms with Crippen LogP contribution in [0.1, 0.15) is 0 Å². The zero-order valence-electron chi connectivity index (χ0n) is 12.8. The van der Waals surface area contributed by atoms with Crippen molar-refractivity contribution < 1.29 is 37.0 Å². The number of methoxy groups -OCH3 is 2. The minimum atomic E-state index is -4.34. The fourth-order valence-corrected chi connectivity index (χ4v) is 1.64. The molecule has 1 atom stereocenters. The molecule has 1 unspecified atom stereocenters. The molecular weight excluding hydrogens is 390 g/mol. The van der Waals surface area contributed by atoms with E-state index in [0.717, 1.165) is 32.4 Å². The lowest BCUT2D eigenvalue weighted by Crippen LogP contribution is -2.32. The molecule has 0 spiro atoms. The maximum Gasteiger partial charge on any atom is 0.444 e. The number of anilines is 1. The van der Waals surface area contributed by atoms with Crippen LogP contribution in [0.25, 0.3) is 0 Å². The first-order chi connectivity index (χ1) is 11.6. The molecule has 25 heavy (non-hydrogen) atoms. The molecule has 6 nitrogen and oxygen atoms in total. The summed E-state index contributed by atoms with van der Waals surface area (Å²) < 4.78 is 52.2. The third kappa shape index (κ3) is 6.02. The SMILES string of the molecule is COC(=O)/C=C(/Nc1ccc(Cl)c(OC(F)(F)C(F)Cl)c1)C(=O)OC. The van der Waals surface area contributed by atoms with Crippen LogP contribution >= 0.6 is 23.2 Å². The zero-order valence-corrected chi connectivity index (χ0v) is 14.3. The maximum atomic E-state index is 13.3. The summed E-state index contributed by atoms with van der Waals surface area (Å²) >= 11 is 10.4. The molecule has 1 aromatic carbocycles. The van der Waals surface area contributed by atoms with Crippen LogP contribution in [0.5, 0.6) is 5.75 Å². The number of alkyl halides is 4. The maximum absolute atomic E-state index is 13.3. The molecule has 0 heterocycles. The van der Waals surface area contributed by atoms with Gasteiger partial charge in [0.15, 0.2) is 0 Å². The third-order valence-electron chi connectivity index (χ3n) is 2.58. The third-order valence-corrected chi connectivity index (χ3v) is 3.15. The number of hydrogen-bond donors (Lipinski definition) is 1. The van der Waals surface area contributed by atoms with E-state index in [4.69, 9.17) is 23.2 Å². The van der Waals surface area contributed by atoms with Gasteiger partial charge in [-0.25, -0.2) is 14.0 Å². The Balaban J connectivity index is 3.13. The standard InChI is InChI=1S/C14H12Cl2F3NO5/c1-23-11(21)6-9(12(22)24-2)20-7-3-4-8(15)10(5-7)25-14(18,19)13(16)17/h3-6,13,20H,1-2H3/b9-6+. The van der Waals surface area contributed by atoms with Crippen molar-refractivity contribution in [2.24, 2.45) is 0 Å². The summed E-state index contributed by atoms with van der Waals surface area (Å²) in [6.45, 7) is 0. The second-order valence-corrected chi connectivity index (χ2v) is 5.10. The normalized spacial score (nSPS) is 13.0. The van der Waals surface area contributed by atoms with Gasteiger partial charge in [-0.3, -0.25) is 0 Å². The monoisotopic (exact) mass is 401 g/mol. The molecule has 11 heteroatoms. The second-order valence-electron chi connectivity index (χ2n) is 4.31. The molecule has 0 radical (unpaired) electrons. The van der Waals surface area contributed by atoms with E-state index in [9.17, 15) is 22.8 Å². The highest BCUT2D eigenvalue weighted by Gasteiger charge is 2.42. The van der Waals surface area contributed by atoms with Crippen LogP contribution in [-0.4, -0.2) is 37.9 Å². The van der Waals surface area contributed by atoms with Gasteiger partial charge in [0.2, 0.25) is 0 Å². The van der Waals surface area contributed by atoms with E-state index >= 15 is 0 Å². The van der Waals surface area contributed by atoms with Crippen molar-refractivity contribution in [2.45, 2.75) is 11.7 Å². The number of carbonyl (C=O) groups is 2. The smallest absolute Gasteiger partial charge is 0.444 e. The van der Waals surface area contributed by atoms with Gasteiger partial charge in [0.05, 0.1) is 25.3 Å². The summed E-state index contributed by atoms with van der Waals surface area (Å²) in [5, 5.41) is 2.19. The van der Waals surface area contributed by atoms with Crippen LogP contribution < -0.4 is 10.1 Å². The van der Waals surface area contributed by atoms with Gasteiger partial charge in [0.25, 0.3) is 5.63 Å². The summed E-state index contributed by atoms with van der Waals surface area (Å²) in [6, 6.07) is 3.38. The second kappa shape index (κ2) is 8.82. The first-order valence-electron chi connectivity index (χ1n) is 6.40. The molecule has 0 saturated carbocycles. The molecule has 0 fully saturated rings. The van der Waals surface area contributed by atoms with Crippen molar-refractivity contribution in [1.82, 2.24) is 0 Å². The quantitative estimate of drug-likeness (QED) is 0.428. The average molecular weight is 402 g/mol. The lowest BCUT2D eigenvalue weighted by molar-refractivity contribution is -0.198.